The first-order valence-corrected chi connectivity index (χ1v) is 9.70. The average molecular weight is 418 g/mol. The second kappa shape index (κ2) is 8.10. The molecule has 0 aromatic heterocycles. The van der Waals surface area contributed by atoms with Crippen molar-refractivity contribution in [2.45, 2.75) is 4.90 Å². The van der Waals surface area contributed by atoms with Crippen molar-refractivity contribution in [2.24, 2.45) is 0 Å². The molecule has 0 fully saturated rings. The predicted octanol–water partition coefficient (Wildman–Crippen LogP) is 0.376. The van der Waals surface area contributed by atoms with Crippen LogP contribution in [-0.2, 0) is 19.7 Å². The van der Waals surface area contributed by atoms with Gasteiger partial charge in [-0.25, -0.2) is 4.90 Å². The summed E-state index contributed by atoms with van der Waals surface area (Å²) in [4.78, 5) is 24.4. The number of amides is 2. The van der Waals surface area contributed by atoms with Gasteiger partial charge in [0.05, 0.1) is 10.6 Å². The number of nitrogens with zero attached hydrogens (tertiary/aromatic N) is 1. The number of imide groups is 1. The zero-order valence-corrected chi connectivity index (χ0v) is 18.2. The molecule has 1 aliphatic rings. The molecule has 4 rings (SSSR count). The van der Waals surface area contributed by atoms with E-state index in [1.54, 1.807) is 42.5 Å². The maximum Gasteiger partial charge on any atom is 1.00 e. The Morgan fingerprint density at radius 2 is 1.34 bits per heavy atom. The second-order valence-electron chi connectivity index (χ2n) is 6.22. The smallest absolute Gasteiger partial charge is 1.00 e. The summed E-state index contributed by atoms with van der Waals surface area (Å²) in [5, 5.41) is 4.68. The summed E-state index contributed by atoms with van der Waals surface area (Å²) in [5.74, 6) is -0.742. The van der Waals surface area contributed by atoms with Gasteiger partial charge in [0, 0.05) is 23.5 Å². The van der Waals surface area contributed by atoms with Crippen molar-refractivity contribution in [3.8, 4) is 0 Å². The molecule has 2 amide bonds. The molecule has 1 heterocycles. The fourth-order valence-corrected chi connectivity index (χ4v) is 3.49. The van der Waals surface area contributed by atoms with Gasteiger partial charge in [0.2, 0.25) is 0 Å². The molecule has 0 spiro atoms. The van der Waals surface area contributed by atoms with Crippen molar-refractivity contribution in [1.82, 2.24) is 0 Å². The normalized spacial score (nSPS) is 13.6. The summed E-state index contributed by atoms with van der Waals surface area (Å²) >= 11 is 0. The Kier molecular flexibility index (Phi) is 5.92. The summed E-state index contributed by atoms with van der Waals surface area (Å²) < 4.78 is 31.6. The number of hydrogen-bond acceptors (Lipinski definition) is 5. The Morgan fingerprint density at radius 1 is 0.793 bits per heavy atom. The second-order valence-corrected chi connectivity index (χ2v) is 7.64. The van der Waals surface area contributed by atoms with Gasteiger partial charge in [0.25, 0.3) is 21.9 Å². The van der Waals surface area contributed by atoms with Crippen LogP contribution in [0.15, 0.2) is 77.7 Å². The maximum atomic E-state index is 11.7. The average Bonchev–Trinajstić information content (AvgIpc) is 3.00. The first-order valence-electron chi connectivity index (χ1n) is 8.26. The fraction of sp³-hybridized carbons (Fsp3) is 0. The fourth-order valence-electron chi connectivity index (χ4n) is 2.98. The van der Waals surface area contributed by atoms with Crippen LogP contribution >= 0.6 is 0 Å². The van der Waals surface area contributed by atoms with Crippen molar-refractivity contribution in [1.29, 1.82) is 0 Å². The number of benzene rings is 3. The summed E-state index contributed by atoms with van der Waals surface area (Å²) in [6.45, 7) is 0. The Bertz CT molecular complexity index is 1240. The SMILES string of the molecule is O=C1C=CC(=O)N1c1ccc(Nc2ccc3cc(S(=O)(=O)O)ccc3c2)cc1.[H-].[Na+]. The first kappa shape index (κ1) is 21.2. The van der Waals surface area contributed by atoms with E-state index < -0.39 is 10.1 Å². The van der Waals surface area contributed by atoms with Gasteiger partial charge in [-0.2, -0.15) is 8.42 Å². The molecule has 9 heteroatoms. The van der Waals surface area contributed by atoms with Gasteiger partial charge in [-0.05, 0) is 59.3 Å². The number of anilines is 3. The molecule has 0 saturated heterocycles. The molecular weight excluding hydrogens is 403 g/mol. The largest absolute Gasteiger partial charge is 1.00 e. The van der Waals surface area contributed by atoms with Gasteiger partial charge in [-0.1, -0.05) is 12.1 Å². The van der Waals surface area contributed by atoms with E-state index in [1.807, 2.05) is 6.07 Å². The number of hydrogen-bond donors (Lipinski definition) is 2. The van der Waals surface area contributed by atoms with E-state index >= 15 is 0 Å². The van der Waals surface area contributed by atoms with E-state index in [0.29, 0.717) is 11.1 Å². The molecule has 0 unspecified atom stereocenters. The van der Waals surface area contributed by atoms with Gasteiger partial charge in [-0.15, -0.1) is 0 Å². The van der Waals surface area contributed by atoms with Gasteiger partial charge < -0.3 is 6.74 Å². The van der Waals surface area contributed by atoms with Crippen LogP contribution in [0.25, 0.3) is 10.8 Å². The van der Waals surface area contributed by atoms with Crippen LogP contribution in [-0.4, -0.2) is 24.8 Å². The third-order valence-electron chi connectivity index (χ3n) is 4.33. The summed E-state index contributed by atoms with van der Waals surface area (Å²) in [7, 11) is -4.24. The molecular formula is C20H15N2NaO5S. The Balaban J connectivity index is 0.00000160. The van der Waals surface area contributed by atoms with Gasteiger partial charge in [0.1, 0.15) is 0 Å². The minimum Gasteiger partial charge on any atom is -1.00 e. The Hall–Kier alpha value is -2.49. The van der Waals surface area contributed by atoms with Gasteiger partial charge in [-0.3, -0.25) is 14.1 Å². The topological polar surface area (TPSA) is 104 Å². The number of carbonyl (C=O) groups excluding carboxylic acids is 2. The molecule has 142 valence electrons. The molecule has 0 bridgehead atoms. The summed E-state index contributed by atoms with van der Waals surface area (Å²) in [5.41, 5.74) is 2.02. The molecule has 3 aromatic rings. The third-order valence-corrected chi connectivity index (χ3v) is 5.18. The monoisotopic (exact) mass is 418 g/mol. The number of fused-ring (bicyclic) bond motifs is 1. The van der Waals surface area contributed by atoms with Crippen LogP contribution in [0.1, 0.15) is 1.43 Å². The quantitative estimate of drug-likeness (QED) is 0.361. The van der Waals surface area contributed by atoms with Crippen molar-refractivity contribution in [3.63, 3.8) is 0 Å². The van der Waals surface area contributed by atoms with Crippen molar-refractivity contribution >= 4 is 49.8 Å². The molecule has 3 aromatic carbocycles. The minimum absolute atomic E-state index is 0. The zero-order valence-electron chi connectivity index (χ0n) is 16.4. The molecule has 0 saturated carbocycles. The van der Waals surface area contributed by atoms with Gasteiger partial charge in [0.15, 0.2) is 0 Å². The van der Waals surface area contributed by atoms with E-state index in [-0.39, 0.29) is 47.7 Å². The van der Waals surface area contributed by atoms with E-state index in [2.05, 4.69) is 5.32 Å². The number of nitrogens with one attached hydrogen (secondary N) is 1. The molecule has 0 atom stereocenters. The van der Waals surface area contributed by atoms with E-state index in [0.717, 1.165) is 21.7 Å². The maximum absolute atomic E-state index is 11.7. The van der Waals surface area contributed by atoms with E-state index in [4.69, 9.17) is 4.55 Å². The van der Waals surface area contributed by atoms with Crippen LogP contribution in [0.5, 0.6) is 0 Å². The Morgan fingerprint density at radius 3 is 1.97 bits per heavy atom. The third kappa shape index (κ3) is 4.42. The van der Waals surface area contributed by atoms with E-state index in [1.165, 1.54) is 24.3 Å². The predicted molar refractivity (Wildman–Crippen MR) is 106 cm³/mol. The van der Waals surface area contributed by atoms with Gasteiger partial charge >= 0.3 is 29.6 Å². The van der Waals surface area contributed by atoms with Crippen molar-refractivity contribution in [3.05, 3.63) is 72.8 Å². The molecule has 29 heavy (non-hydrogen) atoms. The standard InChI is InChI=1S/C20H14N2O5S.Na.H/c23-19-9-10-20(24)22(19)17-6-4-15(5-7-17)21-16-3-1-14-12-18(28(25,26)27)8-2-13(14)11-16;;/h1-12,21H,(H,25,26,27);;/q;+1;-1. The number of rotatable bonds is 4. The van der Waals surface area contributed by atoms with Crippen LogP contribution in [0.3, 0.4) is 0 Å². The van der Waals surface area contributed by atoms with Crippen molar-refractivity contribution < 1.29 is 53.5 Å². The van der Waals surface area contributed by atoms with E-state index in [9.17, 15) is 18.0 Å². The minimum atomic E-state index is -4.24. The number of carbonyl (C=O) groups is 2. The van der Waals surface area contributed by atoms with Crippen LogP contribution in [0, 0.1) is 0 Å². The first-order chi connectivity index (χ1) is 13.3. The molecule has 7 nitrogen and oxygen atoms in total. The molecule has 0 aliphatic carbocycles. The van der Waals surface area contributed by atoms with Crippen LogP contribution in [0.2, 0.25) is 0 Å². The zero-order chi connectivity index (χ0) is 19.9. The molecule has 1 aliphatic heterocycles. The Labute approximate surface area is 190 Å². The summed E-state index contributed by atoms with van der Waals surface area (Å²) in [6.07, 6.45) is 2.47. The van der Waals surface area contributed by atoms with Crippen LogP contribution < -0.4 is 39.8 Å². The molecule has 0 radical (unpaired) electrons. The molecule has 2 N–H and O–H groups in total. The summed E-state index contributed by atoms with van der Waals surface area (Å²) in [6, 6.07) is 16.6. The van der Waals surface area contributed by atoms with Crippen LogP contribution in [0.4, 0.5) is 17.1 Å². The van der Waals surface area contributed by atoms with Crippen molar-refractivity contribution in [2.75, 3.05) is 10.2 Å².